The molecule has 0 spiro atoms. The van der Waals surface area contributed by atoms with Gasteiger partial charge in [0.2, 0.25) is 5.69 Å². The Morgan fingerprint density at radius 2 is 2.28 bits per heavy atom. The predicted molar refractivity (Wildman–Crippen MR) is 64.5 cm³/mol. The number of hydrogen-bond donors (Lipinski definition) is 0. The molecule has 18 heavy (non-hydrogen) atoms. The van der Waals surface area contributed by atoms with Crippen LogP contribution in [0.1, 0.15) is 29.4 Å². The van der Waals surface area contributed by atoms with Crippen LogP contribution in [-0.2, 0) is 4.74 Å². The van der Waals surface area contributed by atoms with Crippen LogP contribution in [0, 0.1) is 13.8 Å². The van der Waals surface area contributed by atoms with Crippen molar-refractivity contribution >= 4 is 34.2 Å². The molecule has 0 unspecified atom stereocenters. The largest absolute Gasteiger partial charge is 0.461 e. The smallest absolute Gasteiger partial charge is 0.364 e. The zero-order valence-corrected chi connectivity index (χ0v) is 11.2. The van der Waals surface area contributed by atoms with E-state index in [1.165, 1.54) is 6.92 Å². The van der Waals surface area contributed by atoms with Gasteiger partial charge in [-0.2, -0.15) is 0 Å². The Hall–Kier alpha value is -1.39. The number of aromatic nitrogens is 1. The van der Waals surface area contributed by atoms with Gasteiger partial charge in [0, 0.05) is 0 Å². The molecule has 0 aliphatic carbocycles. The summed E-state index contributed by atoms with van der Waals surface area (Å²) in [4.78, 5) is 24.8. The summed E-state index contributed by atoms with van der Waals surface area (Å²) < 4.78 is 30.0. The highest BCUT2D eigenvalue weighted by Crippen LogP contribution is 2.32. The van der Waals surface area contributed by atoms with Crippen LogP contribution in [0.3, 0.4) is 0 Å². The normalized spacial score (nSPS) is 10.5. The molecule has 0 aliphatic heterocycles. The molecular weight excluding hydrogens is 365 g/mol. The lowest BCUT2D eigenvalue weighted by Crippen LogP contribution is -2.13. The number of carbonyl (C=O) groups excluding carboxylic acids is 1. The van der Waals surface area contributed by atoms with Gasteiger partial charge in [0.15, 0.2) is 0 Å². The first kappa shape index (κ1) is 14.7. The summed E-state index contributed by atoms with van der Waals surface area (Å²) in [5.41, 5.74) is -2.56. The average molecular weight is 372 g/mol. The molecule has 0 aromatic carbocycles. The van der Waals surface area contributed by atoms with Crippen LogP contribution in [-0.4, -0.2) is 22.5 Å². The molecule has 0 amide bonds. The summed E-state index contributed by atoms with van der Waals surface area (Å²) in [6.07, 6.45) is -3.07. The third-order valence-corrected chi connectivity index (χ3v) is 2.43. The van der Waals surface area contributed by atoms with E-state index < -0.39 is 34.3 Å². The standard InChI is InChI=1S/C9H7F2IN2O4/c1-2-18-9(15)6-7(14(16)17)4(8(10)11)3-5(12)13-6/h3,8H,2H2,1H3. The Kier molecular flexibility index (Phi) is 4.87. The summed E-state index contributed by atoms with van der Waals surface area (Å²) in [5.74, 6) is -1.09. The molecule has 1 heterocycles. The van der Waals surface area contributed by atoms with Crippen molar-refractivity contribution < 1.29 is 23.2 Å². The highest BCUT2D eigenvalue weighted by atomic mass is 127. The fourth-order valence-electron chi connectivity index (χ4n) is 1.23. The van der Waals surface area contributed by atoms with Crippen molar-refractivity contribution in [3.05, 3.63) is 31.1 Å². The second-order valence-electron chi connectivity index (χ2n) is 3.01. The molecule has 0 fully saturated rings. The van der Waals surface area contributed by atoms with Crippen LogP contribution >= 0.6 is 22.6 Å². The molecule has 6 nitrogen and oxygen atoms in total. The Balaban J connectivity index is 3.48. The quantitative estimate of drug-likeness (QED) is 0.267. The first-order valence-electron chi connectivity index (χ1n) is 4.68. The van der Waals surface area contributed by atoms with E-state index in [2.05, 4.69) is 9.72 Å². The lowest BCUT2D eigenvalue weighted by Gasteiger charge is -2.07. The summed E-state index contributed by atoms with van der Waals surface area (Å²) in [7, 11) is 0. The first-order valence-corrected chi connectivity index (χ1v) is 5.76. The maximum atomic E-state index is 12.7. The number of nitrogens with zero attached hydrogens (tertiary/aromatic N) is 2. The number of esters is 1. The molecule has 98 valence electrons. The van der Waals surface area contributed by atoms with Crippen molar-refractivity contribution in [2.45, 2.75) is 13.3 Å². The van der Waals surface area contributed by atoms with Gasteiger partial charge in [-0.3, -0.25) is 10.1 Å². The van der Waals surface area contributed by atoms with E-state index in [0.29, 0.717) is 0 Å². The van der Waals surface area contributed by atoms with Crippen molar-refractivity contribution in [2.75, 3.05) is 6.61 Å². The van der Waals surface area contributed by atoms with Gasteiger partial charge in [0.05, 0.1) is 11.5 Å². The monoisotopic (exact) mass is 372 g/mol. The van der Waals surface area contributed by atoms with Crippen LogP contribution < -0.4 is 0 Å². The molecular formula is C9H7F2IN2O4. The highest BCUT2D eigenvalue weighted by Gasteiger charge is 2.32. The van der Waals surface area contributed by atoms with Crippen LogP contribution in [0.2, 0.25) is 0 Å². The van der Waals surface area contributed by atoms with E-state index in [0.717, 1.165) is 6.07 Å². The van der Waals surface area contributed by atoms with Crippen molar-refractivity contribution in [3.8, 4) is 0 Å². The van der Waals surface area contributed by atoms with Crippen molar-refractivity contribution in [1.29, 1.82) is 0 Å². The van der Waals surface area contributed by atoms with Gasteiger partial charge in [-0.1, -0.05) is 0 Å². The van der Waals surface area contributed by atoms with Crippen LogP contribution in [0.15, 0.2) is 6.07 Å². The molecule has 0 saturated carbocycles. The summed E-state index contributed by atoms with van der Waals surface area (Å²) in [6.45, 7) is 1.46. The van der Waals surface area contributed by atoms with Gasteiger partial charge in [-0.25, -0.2) is 18.6 Å². The fourth-order valence-corrected chi connectivity index (χ4v) is 1.80. The number of nitro groups is 1. The van der Waals surface area contributed by atoms with Crippen molar-refractivity contribution in [2.24, 2.45) is 0 Å². The first-order chi connectivity index (χ1) is 8.38. The van der Waals surface area contributed by atoms with Crippen molar-refractivity contribution in [3.63, 3.8) is 0 Å². The Morgan fingerprint density at radius 3 is 2.72 bits per heavy atom. The summed E-state index contributed by atoms with van der Waals surface area (Å²) in [5, 5.41) is 10.8. The fraction of sp³-hybridized carbons (Fsp3) is 0.333. The Morgan fingerprint density at radius 1 is 1.67 bits per heavy atom. The lowest BCUT2D eigenvalue weighted by molar-refractivity contribution is -0.386. The van der Waals surface area contributed by atoms with Gasteiger partial charge in [-0.05, 0) is 35.6 Å². The topological polar surface area (TPSA) is 82.3 Å². The van der Waals surface area contributed by atoms with Crippen LogP contribution in [0.25, 0.3) is 0 Å². The predicted octanol–water partition coefficient (Wildman–Crippen LogP) is 2.71. The number of carbonyl (C=O) groups is 1. The number of pyridine rings is 1. The molecule has 0 radical (unpaired) electrons. The van der Waals surface area contributed by atoms with Gasteiger partial charge in [0.1, 0.15) is 9.26 Å². The molecule has 0 aliphatic rings. The van der Waals surface area contributed by atoms with E-state index in [4.69, 9.17) is 0 Å². The van der Waals surface area contributed by atoms with Gasteiger partial charge in [-0.15, -0.1) is 0 Å². The number of ether oxygens (including phenoxy) is 1. The van der Waals surface area contributed by atoms with Crippen LogP contribution in [0.4, 0.5) is 14.5 Å². The third kappa shape index (κ3) is 3.09. The molecule has 1 aromatic rings. The maximum absolute atomic E-state index is 12.7. The van der Waals surface area contributed by atoms with Gasteiger partial charge < -0.3 is 4.74 Å². The number of hydrogen-bond acceptors (Lipinski definition) is 5. The van der Waals surface area contributed by atoms with E-state index in [9.17, 15) is 23.7 Å². The Labute approximate surface area is 114 Å². The van der Waals surface area contributed by atoms with Crippen LogP contribution in [0.5, 0.6) is 0 Å². The maximum Gasteiger partial charge on any atom is 0.364 e. The minimum atomic E-state index is -3.07. The second-order valence-corrected chi connectivity index (χ2v) is 4.11. The molecule has 0 atom stereocenters. The Bertz CT molecular complexity index is 496. The molecule has 0 saturated heterocycles. The minimum Gasteiger partial charge on any atom is -0.461 e. The summed E-state index contributed by atoms with van der Waals surface area (Å²) in [6, 6.07) is 0.867. The minimum absolute atomic E-state index is 0.0346. The van der Waals surface area contributed by atoms with Gasteiger partial charge >= 0.3 is 11.7 Å². The second kappa shape index (κ2) is 5.98. The molecule has 1 aromatic heterocycles. The molecule has 0 bridgehead atoms. The molecule has 0 N–H and O–H groups in total. The number of alkyl halides is 2. The number of rotatable bonds is 4. The SMILES string of the molecule is CCOC(=O)c1nc(I)cc(C(F)F)c1[N+](=O)[O-]. The summed E-state index contributed by atoms with van der Waals surface area (Å²) >= 11 is 1.59. The highest BCUT2D eigenvalue weighted by molar-refractivity contribution is 14.1. The van der Waals surface area contributed by atoms with Crippen molar-refractivity contribution in [1.82, 2.24) is 4.98 Å². The number of halogens is 3. The zero-order chi connectivity index (χ0) is 13.9. The third-order valence-electron chi connectivity index (χ3n) is 1.88. The average Bonchev–Trinajstić information content (AvgIpc) is 2.27. The van der Waals surface area contributed by atoms with Gasteiger partial charge in [0.25, 0.3) is 6.43 Å². The molecule has 1 rings (SSSR count). The van der Waals surface area contributed by atoms with E-state index in [1.54, 1.807) is 22.6 Å². The van der Waals surface area contributed by atoms with E-state index in [1.807, 2.05) is 0 Å². The van der Waals surface area contributed by atoms with E-state index >= 15 is 0 Å². The zero-order valence-electron chi connectivity index (χ0n) is 9.02. The lowest BCUT2D eigenvalue weighted by atomic mass is 10.2. The molecule has 9 heteroatoms. The van der Waals surface area contributed by atoms with E-state index in [-0.39, 0.29) is 10.3 Å².